The summed E-state index contributed by atoms with van der Waals surface area (Å²) in [5.74, 6) is 0.314. The first-order chi connectivity index (χ1) is 8.25. The summed E-state index contributed by atoms with van der Waals surface area (Å²) in [4.78, 5) is 25.2. The molecule has 17 heavy (non-hydrogen) atoms. The molecular weight excluding hydrogens is 224 g/mol. The molecule has 0 amide bonds. The van der Waals surface area contributed by atoms with Gasteiger partial charge in [-0.15, -0.1) is 0 Å². The summed E-state index contributed by atoms with van der Waals surface area (Å²) in [6, 6.07) is 1.75. The Labute approximate surface area is 95.9 Å². The molecule has 86 valence electrons. The van der Waals surface area contributed by atoms with Gasteiger partial charge in [0.05, 0.1) is 17.2 Å². The number of hydrogen-bond acceptors (Lipinski definition) is 7. The number of anilines is 1. The van der Waals surface area contributed by atoms with Gasteiger partial charge in [0.1, 0.15) is 18.7 Å². The summed E-state index contributed by atoms with van der Waals surface area (Å²) in [6.45, 7) is 0.431. The van der Waals surface area contributed by atoms with Crippen LogP contribution in [0.15, 0.2) is 31.0 Å². The van der Waals surface area contributed by atoms with E-state index in [1.165, 1.54) is 6.33 Å². The van der Waals surface area contributed by atoms with E-state index in [2.05, 4.69) is 25.3 Å². The van der Waals surface area contributed by atoms with Gasteiger partial charge in [0.2, 0.25) is 5.95 Å². The number of rotatable bonds is 4. The van der Waals surface area contributed by atoms with Crippen LogP contribution in [-0.4, -0.2) is 24.9 Å². The normalized spacial score (nSPS) is 9.88. The summed E-state index contributed by atoms with van der Waals surface area (Å²) in [5.41, 5.74) is 0.638. The number of nitro groups is 1. The van der Waals surface area contributed by atoms with Crippen LogP contribution in [0.2, 0.25) is 0 Å². The molecule has 0 bridgehead atoms. The van der Waals surface area contributed by atoms with Crippen molar-refractivity contribution in [3.05, 3.63) is 46.8 Å². The van der Waals surface area contributed by atoms with Crippen LogP contribution in [0.1, 0.15) is 5.69 Å². The monoisotopic (exact) mass is 232 g/mol. The van der Waals surface area contributed by atoms with Crippen molar-refractivity contribution < 1.29 is 4.92 Å². The van der Waals surface area contributed by atoms with Gasteiger partial charge in [-0.2, -0.15) is 0 Å². The minimum Gasteiger partial charge on any atom is -0.349 e. The largest absolute Gasteiger partial charge is 0.349 e. The molecule has 0 spiro atoms. The van der Waals surface area contributed by atoms with Gasteiger partial charge in [0.15, 0.2) is 0 Å². The molecule has 8 nitrogen and oxygen atoms in total. The van der Waals surface area contributed by atoms with Crippen molar-refractivity contribution in [2.45, 2.75) is 6.54 Å². The summed E-state index contributed by atoms with van der Waals surface area (Å²) in [5, 5.41) is 13.3. The second-order valence-electron chi connectivity index (χ2n) is 3.08. The van der Waals surface area contributed by atoms with Gasteiger partial charge in [-0.3, -0.25) is 10.1 Å². The van der Waals surface area contributed by atoms with Crippen LogP contribution in [0.4, 0.5) is 11.6 Å². The van der Waals surface area contributed by atoms with Gasteiger partial charge >= 0.3 is 5.69 Å². The van der Waals surface area contributed by atoms with E-state index in [-0.39, 0.29) is 5.69 Å². The van der Waals surface area contributed by atoms with Crippen LogP contribution in [0.5, 0.6) is 0 Å². The van der Waals surface area contributed by atoms with Crippen molar-refractivity contribution in [1.82, 2.24) is 19.9 Å². The summed E-state index contributed by atoms with van der Waals surface area (Å²) >= 11 is 0. The van der Waals surface area contributed by atoms with Crippen molar-refractivity contribution in [3.8, 4) is 0 Å². The van der Waals surface area contributed by atoms with Crippen LogP contribution in [0.25, 0.3) is 0 Å². The summed E-state index contributed by atoms with van der Waals surface area (Å²) < 4.78 is 0. The molecule has 0 saturated carbocycles. The maximum atomic E-state index is 10.4. The Morgan fingerprint density at radius 1 is 1.29 bits per heavy atom. The van der Waals surface area contributed by atoms with Crippen LogP contribution < -0.4 is 5.32 Å². The number of nitrogens with zero attached hydrogens (tertiary/aromatic N) is 5. The van der Waals surface area contributed by atoms with Gasteiger partial charge in [0.25, 0.3) is 0 Å². The third-order valence-corrected chi connectivity index (χ3v) is 1.92. The lowest BCUT2D eigenvalue weighted by molar-refractivity contribution is -0.385. The van der Waals surface area contributed by atoms with E-state index in [0.29, 0.717) is 12.5 Å². The molecule has 0 fully saturated rings. The van der Waals surface area contributed by atoms with Gasteiger partial charge in [-0.25, -0.2) is 19.9 Å². The standard InChI is InChI=1S/C9H8N6O2/c16-15(17)8-4-12-9(13-5-8)11-3-7-1-2-10-6-14-7/h1-2,4-6H,3H2,(H,11,12,13). The molecule has 0 aliphatic carbocycles. The van der Waals surface area contributed by atoms with Crippen molar-refractivity contribution >= 4 is 11.6 Å². The van der Waals surface area contributed by atoms with Crippen LogP contribution in [0, 0.1) is 10.1 Å². The lowest BCUT2D eigenvalue weighted by Crippen LogP contribution is -2.05. The number of nitrogens with one attached hydrogen (secondary N) is 1. The third-order valence-electron chi connectivity index (χ3n) is 1.92. The smallest absolute Gasteiger partial charge is 0.305 e. The highest BCUT2D eigenvalue weighted by Gasteiger charge is 2.06. The summed E-state index contributed by atoms with van der Waals surface area (Å²) in [6.07, 6.45) is 5.36. The molecule has 2 rings (SSSR count). The second-order valence-corrected chi connectivity index (χ2v) is 3.08. The Hall–Kier alpha value is -2.64. The number of hydrogen-bond donors (Lipinski definition) is 1. The van der Waals surface area contributed by atoms with E-state index >= 15 is 0 Å². The Balaban J connectivity index is 1.98. The molecule has 1 N–H and O–H groups in total. The Morgan fingerprint density at radius 2 is 2.06 bits per heavy atom. The fourth-order valence-electron chi connectivity index (χ4n) is 1.10. The first-order valence-electron chi connectivity index (χ1n) is 4.71. The van der Waals surface area contributed by atoms with E-state index in [0.717, 1.165) is 18.1 Å². The molecule has 0 aliphatic heterocycles. The fraction of sp³-hybridized carbons (Fsp3) is 0.111. The molecule has 0 radical (unpaired) electrons. The molecule has 0 aromatic carbocycles. The zero-order valence-electron chi connectivity index (χ0n) is 8.65. The van der Waals surface area contributed by atoms with Gasteiger partial charge in [-0.1, -0.05) is 0 Å². The molecule has 2 heterocycles. The highest BCUT2D eigenvalue weighted by Crippen LogP contribution is 2.08. The average molecular weight is 232 g/mol. The molecule has 0 atom stereocenters. The highest BCUT2D eigenvalue weighted by molar-refractivity contribution is 5.30. The minimum absolute atomic E-state index is 0.141. The molecule has 0 saturated heterocycles. The van der Waals surface area contributed by atoms with Crippen molar-refractivity contribution in [2.75, 3.05) is 5.32 Å². The van der Waals surface area contributed by atoms with Gasteiger partial charge in [0, 0.05) is 6.20 Å². The van der Waals surface area contributed by atoms with Gasteiger partial charge in [-0.05, 0) is 6.07 Å². The van der Waals surface area contributed by atoms with Crippen molar-refractivity contribution in [1.29, 1.82) is 0 Å². The van der Waals surface area contributed by atoms with E-state index in [1.807, 2.05) is 0 Å². The van der Waals surface area contributed by atoms with E-state index < -0.39 is 4.92 Å². The number of aromatic nitrogens is 4. The lowest BCUT2D eigenvalue weighted by atomic mass is 10.4. The quantitative estimate of drug-likeness (QED) is 0.613. The maximum absolute atomic E-state index is 10.4. The molecule has 2 aromatic heterocycles. The zero-order chi connectivity index (χ0) is 12.1. The second kappa shape index (κ2) is 4.92. The van der Waals surface area contributed by atoms with Crippen LogP contribution >= 0.6 is 0 Å². The average Bonchev–Trinajstić information content (AvgIpc) is 2.38. The first kappa shape index (κ1) is 10.9. The maximum Gasteiger partial charge on any atom is 0.305 e. The lowest BCUT2D eigenvalue weighted by Gasteiger charge is -2.02. The van der Waals surface area contributed by atoms with Gasteiger partial charge < -0.3 is 5.32 Å². The highest BCUT2D eigenvalue weighted by atomic mass is 16.6. The fourth-order valence-corrected chi connectivity index (χ4v) is 1.10. The van der Waals surface area contributed by atoms with E-state index in [4.69, 9.17) is 0 Å². The molecule has 8 heteroatoms. The molecule has 2 aromatic rings. The van der Waals surface area contributed by atoms with Crippen LogP contribution in [-0.2, 0) is 6.54 Å². The predicted octanol–water partition coefficient (Wildman–Crippen LogP) is 0.787. The molecular formula is C9H8N6O2. The first-order valence-corrected chi connectivity index (χ1v) is 4.71. The van der Waals surface area contributed by atoms with E-state index in [9.17, 15) is 10.1 Å². The minimum atomic E-state index is -0.547. The molecule has 0 unspecified atom stereocenters. The van der Waals surface area contributed by atoms with E-state index in [1.54, 1.807) is 12.3 Å². The summed E-state index contributed by atoms with van der Waals surface area (Å²) in [7, 11) is 0. The zero-order valence-corrected chi connectivity index (χ0v) is 8.65. The topological polar surface area (TPSA) is 107 Å². The Morgan fingerprint density at radius 3 is 2.65 bits per heavy atom. The predicted molar refractivity (Wildman–Crippen MR) is 58.0 cm³/mol. The molecule has 0 aliphatic rings. The Kier molecular flexibility index (Phi) is 3.15. The van der Waals surface area contributed by atoms with Crippen molar-refractivity contribution in [3.63, 3.8) is 0 Å². The van der Waals surface area contributed by atoms with Crippen LogP contribution in [0.3, 0.4) is 0 Å². The SMILES string of the molecule is O=[N+]([O-])c1cnc(NCc2ccncn2)nc1. The third kappa shape index (κ3) is 2.91. The Bertz CT molecular complexity index is 501. The van der Waals surface area contributed by atoms with Crippen molar-refractivity contribution in [2.24, 2.45) is 0 Å².